The van der Waals surface area contributed by atoms with E-state index in [1.54, 1.807) is 6.07 Å². The van der Waals surface area contributed by atoms with Crippen molar-refractivity contribution < 1.29 is 19.1 Å². The molecule has 1 amide bonds. The van der Waals surface area contributed by atoms with Crippen LogP contribution in [-0.4, -0.2) is 21.2 Å². The quantitative estimate of drug-likeness (QED) is 0.373. The Kier molecular flexibility index (Phi) is 15.6. The number of carbonyl (C=O) groups is 1. The molecule has 0 aliphatic carbocycles. The lowest BCUT2D eigenvalue weighted by atomic mass is 10.1. The number of hydrogen-bond acceptors (Lipinski definition) is 3. The van der Waals surface area contributed by atoms with E-state index >= 15 is 0 Å². The molecule has 0 aromatic heterocycles. The van der Waals surface area contributed by atoms with Gasteiger partial charge in [-0.2, -0.15) is 5.26 Å². The van der Waals surface area contributed by atoms with E-state index < -0.39 is 8.25 Å². The van der Waals surface area contributed by atoms with Gasteiger partial charge in [0.05, 0.1) is 6.07 Å². The molecule has 0 unspecified atom stereocenters. The van der Waals surface area contributed by atoms with Gasteiger partial charge in [0.1, 0.15) is 0 Å². The molecule has 17 heavy (non-hydrogen) atoms. The van der Waals surface area contributed by atoms with Crippen LogP contribution in [0, 0.1) is 11.3 Å². The Morgan fingerprint density at radius 3 is 1.76 bits per heavy atom. The van der Waals surface area contributed by atoms with Gasteiger partial charge < -0.3 is 15.1 Å². The monoisotopic (exact) mass is 262 g/mol. The van der Waals surface area contributed by atoms with Crippen molar-refractivity contribution in [2.75, 3.05) is 0 Å². The van der Waals surface area contributed by atoms with Gasteiger partial charge in [-0.15, -0.1) is 0 Å². The fourth-order valence-electron chi connectivity index (χ4n) is 0.421. The number of allylic oxidation sites excluding steroid dienone is 1. The standard InChI is InChI=1S/C7H13NO.C3H3N.H3O3P/c1-5-6(9)8-7(2,3)4;1-2-3-4;1-4(2)3/h5H,1H2,2-4H3,(H,8,9);2H,1H2;4H,(H2,1,2,3). The zero-order chi connectivity index (χ0) is 14.5. The summed E-state index contributed by atoms with van der Waals surface area (Å²) in [6.07, 6.45) is 2.45. The zero-order valence-electron chi connectivity index (χ0n) is 10.2. The lowest BCUT2D eigenvalue weighted by molar-refractivity contribution is -0.117. The van der Waals surface area contributed by atoms with Crippen LogP contribution < -0.4 is 5.32 Å². The van der Waals surface area contributed by atoms with Crippen molar-refractivity contribution in [3.05, 3.63) is 25.3 Å². The maximum absolute atomic E-state index is 10.6. The van der Waals surface area contributed by atoms with Gasteiger partial charge in [-0.1, -0.05) is 13.2 Å². The van der Waals surface area contributed by atoms with Crippen LogP contribution in [-0.2, 0) is 9.36 Å². The van der Waals surface area contributed by atoms with Crippen molar-refractivity contribution >= 4 is 14.2 Å². The van der Waals surface area contributed by atoms with Crippen LogP contribution in [0.2, 0.25) is 0 Å². The first-order valence-corrected chi connectivity index (χ1v) is 5.78. The van der Waals surface area contributed by atoms with Crippen LogP contribution in [0.3, 0.4) is 0 Å². The van der Waals surface area contributed by atoms with Crippen molar-refractivity contribution in [2.24, 2.45) is 0 Å². The summed E-state index contributed by atoms with van der Waals surface area (Å²) in [5.74, 6) is -0.123. The van der Waals surface area contributed by atoms with Gasteiger partial charge in [0.25, 0.3) is 0 Å². The fourth-order valence-corrected chi connectivity index (χ4v) is 0.421. The summed E-state index contributed by atoms with van der Waals surface area (Å²) < 4.78 is 8.74. The van der Waals surface area contributed by atoms with Gasteiger partial charge in [0.15, 0.2) is 0 Å². The summed E-state index contributed by atoms with van der Waals surface area (Å²) in [4.78, 5) is 24.9. The number of hydrogen-bond donors (Lipinski definition) is 3. The summed E-state index contributed by atoms with van der Waals surface area (Å²) in [5, 5.41) is 10.2. The molecule has 0 fully saturated rings. The van der Waals surface area contributed by atoms with Gasteiger partial charge in [0.2, 0.25) is 5.91 Å². The van der Waals surface area contributed by atoms with Gasteiger partial charge in [-0.05, 0) is 26.8 Å². The summed E-state index contributed by atoms with van der Waals surface area (Å²) in [6, 6.07) is 1.69. The highest BCUT2D eigenvalue weighted by Gasteiger charge is 2.10. The smallest absolute Gasteiger partial charge is 0.314 e. The minimum atomic E-state index is -3.13. The van der Waals surface area contributed by atoms with Crippen LogP contribution in [0.5, 0.6) is 0 Å². The first-order valence-electron chi connectivity index (χ1n) is 4.47. The lowest BCUT2D eigenvalue weighted by Crippen LogP contribution is -2.39. The molecule has 0 atom stereocenters. The van der Waals surface area contributed by atoms with E-state index in [4.69, 9.17) is 19.6 Å². The van der Waals surface area contributed by atoms with Gasteiger partial charge in [0, 0.05) is 11.6 Å². The van der Waals surface area contributed by atoms with E-state index in [9.17, 15) is 4.79 Å². The third kappa shape index (κ3) is 53.3. The molecule has 0 saturated heterocycles. The Hall–Kier alpha value is -1.41. The minimum Gasteiger partial charge on any atom is -0.348 e. The number of amides is 1. The highest BCUT2D eigenvalue weighted by molar-refractivity contribution is 7.30. The molecule has 98 valence electrons. The molecule has 0 aromatic carbocycles. The molecule has 0 aliphatic heterocycles. The molecule has 6 nitrogen and oxygen atoms in total. The van der Waals surface area contributed by atoms with Crippen LogP contribution in [0.4, 0.5) is 0 Å². The summed E-state index contributed by atoms with van der Waals surface area (Å²) in [6.45, 7) is 12.2. The molecule has 0 aliphatic rings. The van der Waals surface area contributed by atoms with E-state index in [0.717, 1.165) is 0 Å². The average molecular weight is 262 g/mol. The highest BCUT2D eigenvalue weighted by atomic mass is 31.1. The predicted molar refractivity (Wildman–Crippen MR) is 67.3 cm³/mol. The maximum atomic E-state index is 10.6. The second kappa shape index (κ2) is 12.7. The van der Waals surface area contributed by atoms with Crippen molar-refractivity contribution in [3.8, 4) is 6.07 Å². The molecule has 0 radical (unpaired) electrons. The molecule has 0 bridgehead atoms. The fraction of sp³-hybridized carbons (Fsp3) is 0.400. The first kappa shape index (κ1) is 20.9. The lowest BCUT2D eigenvalue weighted by Gasteiger charge is -2.18. The molecular weight excluding hydrogens is 243 g/mol. The van der Waals surface area contributed by atoms with Crippen molar-refractivity contribution in [1.29, 1.82) is 5.26 Å². The molecule has 0 spiro atoms. The number of nitriles is 1. The molecule has 3 N–H and O–H groups in total. The topological polar surface area (TPSA) is 110 Å². The molecule has 0 rings (SSSR count). The third-order valence-corrected chi connectivity index (χ3v) is 0.775. The Morgan fingerprint density at radius 2 is 1.71 bits per heavy atom. The number of nitrogens with zero attached hydrogens (tertiary/aromatic N) is 1. The van der Waals surface area contributed by atoms with Crippen LogP contribution in [0.15, 0.2) is 25.3 Å². The SMILES string of the molecule is C=CC#N.C=CC(=O)NC(C)(C)C.O=[PH](O)O. The van der Waals surface area contributed by atoms with Gasteiger partial charge in [-0.25, -0.2) is 0 Å². The molecule has 0 saturated carbocycles. The third-order valence-electron chi connectivity index (χ3n) is 0.775. The van der Waals surface area contributed by atoms with E-state index in [0.29, 0.717) is 0 Å². The van der Waals surface area contributed by atoms with Gasteiger partial charge >= 0.3 is 8.25 Å². The number of nitrogens with one attached hydrogen (secondary N) is 1. The van der Waals surface area contributed by atoms with Crippen LogP contribution >= 0.6 is 8.25 Å². The largest absolute Gasteiger partial charge is 0.348 e. The highest BCUT2D eigenvalue weighted by Crippen LogP contribution is 1.98. The van der Waals surface area contributed by atoms with E-state index in [1.807, 2.05) is 20.8 Å². The Bertz CT molecular complexity index is 298. The predicted octanol–water partition coefficient (Wildman–Crippen LogP) is 1.14. The average Bonchev–Trinajstić information content (AvgIpc) is 2.14. The minimum absolute atomic E-state index is 0.123. The second-order valence-corrected chi connectivity index (χ2v) is 4.12. The van der Waals surface area contributed by atoms with Crippen molar-refractivity contribution in [3.63, 3.8) is 0 Å². The second-order valence-electron chi connectivity index (χ2n) is 3.56. The van der Waals surface area contributed by atoms with Crippen molar-refractivity contribution in [2.45, 2.75) is 26.3 Å². The summed E-state index contributed by atoms with van der Waals surface area (Å²) in [5.41, 5.74) is -0.148. The maximum Gasteiger partial charge on any atom is 0.314 e. The molecular formula is C10H19N2O4P. The Balaban J connectivity index is -0.000000205. The normalized spacial score (nSPS) is 8.53. The molecule has 7 heteroatoms. The number of carbonyl (C=O) groups excluding carboxylic acids is 1. The number of rotatable bonds is 1. The molecule has 0 aromatic rings. The van der Waals surface area contributed by atoms with Crippen LogP contribution in [0.1, 0.15) is 20.8 Å². The van der Waals surface area contributed by atoms with E-state index in [-0.39, 0.29) is 11.4 Å². The van der Waals surface area contributed by atoms with Crippen molar-refractivity contribution in [1.82, 2.24) is 5.32 Å². The Labute approximate surface area is 102 Å². The van der Waals surface area contributed by atoms with Gasteiger partial charge in [-0.3, -0.25) is 9.36 Å². The summed E-state index contributed by atoms with van der Waals surface area (Å²) >= 11 is 0. The van der Waals surface area contributed by atoms with E-state index in [1.165, 1.54) is 12.2 Å². The zero-order valence-corrected chi connectivity index (χ0v) is 11.2. The molecule has 0 heterocycles. The summed E-state index contributed by atoms with van der Waals surface area (Å²) in [7, 11) is -3.13. The van der Waals surface area contributed by atoms with Crippen LogP contribution in [0.25, 0.3) is 0 Å². The van der Waals surface area contributed by atoms with E-state index in [2.05, 4.69) is 18.5 Å². The first-order chi connectivity index (χ1) is 7.60. The Morgan fingerprint density at radius 1 is 1.41 bits per heavy atom.